The summed E-state index contributed by atoms with van der Waals surface area (Å²) in [6.45, 7) is 0. The molecule has 8 heteroatoms. The van der Waals surface area contributed by atoms with Gasteiger partial charge in [0.15, 0.2) is 5.58 Å². The number of fused-ring (bicyclic) bond motifs is 1. The number of aromatic amines is 1. The summed E-state index contributed by atoms with van der Waals surface area (Å²) < 4.78 is 6.59. The van der Waals surface area contributed by atoms with Crippen LogP contribution in [-0.4, -0.2) is 10.9 Å². The fourth-order valence-corrected chi connectivity index (χ4v) is 3.61. The second kappa shape index (κ2) is 5.19. The van der Waals surface area contributed by atoms with E-state index < -0.39 is 5.76 Å². The number of thiophene rings is 1. The molecule has 0 bridgehead atoms. The standard InChI is InChI=1S/C12H6Br2N2O3S/c13-6-4-9(20-10(6)14)11(17)15-5-1-2-8-7(3-5)16-12(18)19-8/h1-4H,(H,15,17)(H,16,18). The van der Waals surface area contributed by atoms with Gasteiger partial charge in [0.2, 0.25) is 0 Å². The van der Waals surface area contributed by atoms with Crippen molar-refractivity contribution in [2.75, 3.05) is 5.32 Å². The Morgan fingerprint density at radius 3 is 2.80 bits per heavy atom. The van der Waals surface area contributed by atoms with Gasteiger partial charge in [0, 0.05) is 10.2 Å². The van der Waals surface area contributed by atoms with Gasteiger partial charge in [-0.3, -0.25) is 9.78 Å². The number of anilines is 1. The molecule has 0 aliphatic rings. The van der Waals surface area contributed by atoms with Crippen LogP contribution in [0.1, 0.15) is 9.67 Å². The molecule has 0 saturated heterocycles. The average Bonchev–Trinajstić information content (AvgIpc) is 2.91. The molecule has 0 atom stereocenters. The van der Waals surface area contributed by atoms with Crippen LogP contribution in [0.5, 0.6) is 0 Å². The summed E-state index contributed by atoms with van der Waals surface area (Å²) in [4.78, 5) is 26.3. The molecular weight excluding hydrogens is 412 g/mol. The monoisotopic (exact) mass is 416 g/mol. The molecule has 0 spiro atoms. The molecule has 1 amide bonds. The highest BCUT2D eigenvalue weighted by Crippen LogP contribution is 2.32. The van der Waals surface area contributed by atoms with Crippen molar-refractivity contribution < 1.29 is 9.21 Å². The molecular formula is C12H6Br2N2O3S. The highest BCUT2D eigenvalue weighted by molar-refractivity contribution is 9.13. The fraction of sp³-hybridized carbons (Fsp3) is 0. The number of H-pyrrole nitrogens is 1. The fourth-order valence-electron chi connectivity index (χ4n) is 1.68. The molecule has 0 unspecified atom stereocenters. The molecule has 102 valence electrons. The quantitative estimate of drug-likeness (QED) is 0.662. The second-order valence-electron chi connectivity index (χ2n) is 3.91. The molecule has 0 aliphatic carbocycles. The van der Waals surface area contributed by atoms with E-state index in [1.54, 1.807) is 24.3 Å². The molecule has 20 heavy (non-hydrogen) atoms. The summed E-state index contributed by atoms with van der Waals surface area (Å²) in [6.07, 6.45) is 0. The van der Waals surface area contributed by atoms with Crippen LogP contribution < -0.4 is 11.1 Å². The molecule has 0 aliphatic heterocycles. The first-order valence-corrected chi connectivity index (χ1v) is 7.82. The number of halogens is 2. The van der Waals surface area contributed by atoms with Gasteiger partial charge in [0.1, 0.15) is 0 Å². The summed E-state index contributed by atoms with van der Waals surface area (Å²) in [6, 6.07) is 6.69. The third-order valence-electron chi connectivity index (χ3n) is 2.55. The number of hydrogen-bond acceptors (Lipinski definition) is 4. The SMILES string of the molecule is O=C(Nc1ccc2oc(=O)[nH]c2c1)c1cc(Br)c(Br)s1. The minimum atomic E-state index is -0.519. The molecule has 1 aromatic carbocycles. The normalized spacial score (nSPS) is 10.9. The van der Waals surface area contributed by atoms with E-state index >= 15 is 0 Å². The van der Waals surface area contributed by atoms with Gasteiger partial charge in [0.25, 0.3) is 5.91 Å². The molecule has 0 radical (unpaired) electrons. The summed E-state index contributed by atoms with van der Waals surface area (Å²) in [7, 11) is 0. The topological polar surface area (TPSA) is 75.1 Å². The maximum absolute atomic E-state index is 12.1. The third-order valence-corrected chi connectivity index (χ3v) is 5.80. The van der Waals surface area contributed by atoms with Crippen molar-refractivity contribution in [1.29, 1.82) is 0 Å². The molecule has 2 N–H and O–H groups in total. The first-order valence-electron chi connectivity index (χ1n) is 5.42. The minimum Gasteiger partial charge on any atom is -0.408 e. The van der Waals surface area contributed by atoms with E-state index in [1.165, 1.54) is 11.3 Å². The number of nitrogens with one attached hydrogen (secondary N) is 2. The van der Waals surface area contributed by atoms with Crippen LogP contribution in [0.2, 0.25) is 0 Å². The molecule has 3 aromatic rings. The molecule has 2 heterocycles. The number of benzene rings is 1. The predicted molar refractivity (Wildman–Crippen MR) is 84.5 cm³/mol. The zero-order chi connectivity index (χ0) is 14.3. The summed E-state index contributed by atoms with van der Waals surface area (Å²) in [5, 5.41) is 2.77. The zero-order valence-electron chi connectivity index (χ0n) is 9.70. The first kappa shape index (κ1) is 13.6. The van der Waals surface area contributed by atoms with Gasteiger partial charge >= 0.3 is 5.76 Å². The zero-order valence-corrected chi connectivity index (χ0v) is 13.7. The van der Waals surface area contributed by atoms with Crippen molar-refractivity contribution >= 4 is 65.9 Å². The summed E-state index contributed by atoms with van der Waals surface area (Å²) in [5.41, 5.74) is 1.58. The van der Waals surface area contributed by atoms with Crippen LogP contribution >= 0.6 is 43.2 Å². The van der Waals surface area contributed by atoms with Crippen molar-refractivity contribution in [2.24, 2.45) is 0 Å². The van der Waals surface area contributed by atoms with Gasteiger partial charge in [-0.15, -0.1) is 11.3 Å². The molecule has 2 aromatic heterocycles. The lowest BCUT2D eigenvalue weighted by Crippen LogP contribution is -2.09. The maximum atomic E-state index is 12.1. The Balaban J connectivity index is 1.88. The lowest BCUT2D eigenvalue weighted by molar-refractivity contribution is 0.103. The Kier molecular flexibility index (Phi) is 3.53. The Morgan fingerprint density at radius 2 is 2.10 bits per heavy atom. The van der Waals surface area contributed by atoms with Crippen LogP contribution in [-0.2, 0) is 0 Å². The van der Waals surface area contributed by atoms with Crippen LogP contribution in [0.4, 0.5) is 5.69 Å². The molecule has 0 saturated carbocycles. The largest absolute Gasteiger partial charge is 0.417 e. The highest BCUT2D eigenvalue weighted by Gasteiger charge is 2.12. The minimum absolute atomic E-state index is 0.216. The van der Waals surface area contributed by atoms with E-state index in [0.29, 0.717) is 21.7 Å². The highest BCUT2D eigenvalue weighted by atomic mass is 79.9. The van der Waals surface area contributed by atoms with Crippen molar-refractivity contribution in [2.45, 2.75) is 0 Å². The second-order valence-corrected chi connectivity index (χ2v) is 7.14. The van der Waals surface area contributed by atoms with Gasteiger partial charge in [0.05, 0.1) is 14.2 Å². The number of rotatable bonds is 2. The number of oxazole rings is 1. The average molecular weight is 418 g/mol. The number of carbonyl (C=O) groups excluding carboxylic acids is 1. The van der Waals surface area contributed by atoms with Crippen molar-refractivity contribution in [3.63, 3.8) is 0 Å². The molecule has 3 rings (SSSR count). The van der Waals surface area contributed by atoms with E-state index in [1.807, 2.05) is 0 Å². The van der Waals surface area contributed by atoms with Crippen LogP contribution in [0.3, 0.4) is 0 Å². The van der Waals surface area contributed by atoms with Crippen molar-refractivity contribution in [3.8, 4) is 0 Å². The Hall–Kier alpha value is -1.38. The van der Waals surface area contributed by atoms with Gasteiger partial charge < -0.3 is 9.73 Å². The first-order chi connectivity index (χ1) is 9.52. The number of amides is 1. The van der Waals surface area contributed by atoms with E-state index in [4.69, 9.17) is 4.42 Å². The van der Waals surface area contributed by atoms with Gasteiger partial charge in [-0.1, -0.05) is 0 Å². The Morgan fingerprint density at radius 1 is 1.30 bits per heavy atom. The van der Waals surface area contributed by atoms with Crippen LogP contribution in [0.15, 0.2) is 41.7 Å². The van der Waals surface area contributed by atoms with Crippen LogP contribution in [0, 0.1) is 0 Å². The summed E-state index contributed by atoms with van der Waals surface area (Å²) >= 11 is 8.01. The van der Waals surface area contributed by atoms with Gasteiger partial charge in [-0.25, -0.2) is 4.79 Å². The van der Waals surface area contributed by atoms with Crippen molar-refractivity contribution in [3.05, 3.63) is 48.0 Å². The molecule has 5 nitrogen and oxygen atoms in total. The van der Waals surface area contributed by atoms with Gasteiger partial charge in [-0.05, 0) is 56.1 Å². The lowest BCUT2D eigenvalue weighted by Gasteiger charge is -2.02. The molecule has 0 fully saturated rings. The van der Waals surface area contributed by atoms with E-state index in [2.05, 4.69) is 42.2 Å². The maximum Gasteiger partial charge on any atom is 0.417 e. The van der Waals surface area contributed by atoms with Gasteiger partial charge in [-0.2, -0.15) is 0 Å². The third kappa shape index (κ3) is 2.58. The number of hydrogen-bond donors (Lipinski definition) is 2. The van der Waals surface area contributed by atoms with Crippen LogP contribution in [0.25, 0.3) is 11.1 Å². The summed E-state index contributed by atoms with van der Waals surface area (Å²) in [5.74, 6) is -0.735. The lowest BCUT2D eigenvalue weighted by atomic mass is 10.3. The van der Waals surface area contributed by atoms with Crippen molar-refractivity contribution in [1.82, 2.24) is 4.98 Å². The van der Waals surface area contributed by atoms with E-state index in [0.717, 1.165) is 8.26 Å². The predicted octanol–water partition coefficient (Wildman–Crippen LogP) is 3.96. The van der Waals surface area contributed by atoms with E-state index in [-0.39, 0.29) is 5.91 Å². The Bertz CT molecular complexity index is 846. The Labute approximate surface area is 133 Å². The van der Waals surface area contributed by atoms with E-state index in [9.17, 15) is 9.59 Å². The smallest absolute Gasteiger partial charge is 0.408 e. The number of aromatic nitrogens is 1. The number of carbonyl (C=O) groups is 1.